The highest BCUT2D eigenvalue weighted by Crippen LogP contribution is 2.40. The fourth-order valence-corrected chi connectivity index (χ4v) is 11.4. The Hall–Kier alpha value is -7.25. The number of halogens is 1. The number of aryl methyl sites for hydroxylation is 1. The highest BCUT2D eigenvalue weighted by Gasteiger charge is 2.37. The largest absolute Gasteiger partial charge is 0.508 e. The summed E-state index contributed by atoms with van der Waals surface area (Å²) in [5.41, 5.74) is 9.13. The van der Waals surface area contributed by atoms with E-state index in [0.717, 1.165) is 62.3 Å². The Morgan fingerprint density at radius 1 is 0.813 bits per heavy atom. The summed E-state index contributed by atoms with van der Waals surface area (Å²) in [6, 6.07) is 27.3. The molecule has 10 rings (SSSR count). The number of aromatic hydroxyl groups is 1. The number of hydrogen-bond acceptors (Lipinski definition) is 9. The van der Waals surface area contributed by atoms with Gasteiger partial charge in [-0.05, 0) is 135 Å². The number of benzene rings is 4. The van der Waals surface area contributed by atoms with Gasteiger partial charge in [0.05, 0.1) is 30.9 Å². The Balaban J connectivity index is 1.02. The molecule has 390 valence electrons. The maximum Gasteiger partial charge on any atom is 0.265 e. The van der Waals surface area contributed by atoms with E-state index >= 15 is 14.0 Å². The third kappa shape index (κ3) is 10.8. The third-order valence-electron chi connectivity index (χ3n) is 16.0. The number of rotatable bonds is 13. The summed E-state index contributed by atoms with van der Waals surface area (Å²) in [7, 11) is 3.68. The Morgan fingerprint density at radius 3 is 2.28 bits per heavy atom. The van der Waals surface area contributed by atoms with Gasteiger partial charge in [0.15, 0.2) is 0 Å². The van der Waals surface area contributed by atoms with E-state index in [4.69, 9.17) is 9.47 Å². The van der Waals surface area contributed by atoms with Gasteiger partial charge in [0.1, 0.15) is 35.7 Å². The lowest BCUT2D eigenvalue weighted by molar-refractivity contribution is -0.131. The minimum absolute atomic E-state index is 0.0410. The zero-order valence-electron chi connectivity index (χ0n) is 43.6. The first-order valence-corrected chi connectivity index (χ1v) is 26.5. The second-order valence-corrected chi connectivity index (χ2v) is 20.7. The predicted octanol–water partition coefficient (Wildman–Crippen LogP) is 8.62. The van der Waals surface area contributed by atoms with E-state index in [2.05, 4.69) is 34.1 Å². The van der Waals surface area contributed by atoms with Crippen molar-refractivity contribution in [1.82, 2.24) is 28.7 Å². The minimum Gasteiger partial charge on any atom is -0.508 e. The summed E-state index contributed by atoms with van der Waals surface area (Å²) < 4.78 is 30.7. The maximum absolute atomic E-state index is 16.0. The van der Waals surface area contributed by atoms with E-state index in [-0.39, 0.29) is 48.0 Å². The second-order valence-electron chi connectivity index (χ2n) is 20.7. The molecule has 1 atom stereocenters. The van der Waals surface area contributed by atoms with Gasteiger partial charge < -0.3 is 38.4 Å². The number of anilines is 2. The van der Waals surface area contributed by atoms with Crippen LogP contribution in [0.1, 0.15) is 91.3 Å². The molecule has 0 aliphatic carbocycles. The van der Waals surface area contributed by atoms with Crippen LogP contribution in [-0.2, 0) is 56.0 Å². The van der Waals surface area contributed by atoms with Crippen LogP contribution in [0.3, 0.4) is 0 Å². The molecule has 2 fully saturated rings. The molecular formula is C60H67FN8O6. The standard InChI is InChI=1S/C60H67FN8O6/c1-40-56(33-48(35-62)64(40)4)69(47-14-16-50(70)17-15-47)60(73)58-41(2)63(3)39-54(58)52-30-43-19-22-67(57(71)32-44-13-18-51(34-55(44)61)75-28-25-65-23-26-74-27-24-65)36-46(43)31-53(52)59(72)68-37-45-12-8-7-11-42(45)29-49(68)38-66-20-9-5-6-10-21-66/h7-8,11-18,30-31,33-34,39,49,70H,5-6,9-10,19-29,32,36-38H2,1-4H3/t49-/m0/s1. The molecule has 6 aromatic rings. The first kappa shape index (κ1) is 51.2. The van der Waals surface area contributed by atoms with Crippen LogP contribution in [0.5, 0.6) is 11.5 Å². The van der Waals surface area contributed by atoms with Crippen LogP contribution in [0.4, 0.5) is 15.8 Å². The van der Waals surface area contributed by atoms with Gasteiger partial charge in [-0.1, -0.05) is 43.2 Å². The predicted molar refractivity (Wildman–Crippen MR) is 286 cm³/mol. The van der Waals surface area contributed by atoms with E-state index in [1.165, 1.54) is 36.6 Å². The van der Waals surface area contributed by atoms with Crippen LogP contribution >= 0.6 is 0 Å². The molecule has 15 heteroatoms. The number of nitriles is 1. The van der Waals surface area contributed by atoms with E-state index in [9.17, 15) is 15.2 Å². The Morgan fingerprint density at radius 2 is 1.56 bits per heavy atom. The minimum atomic E-state index is -0.500. The van der Waals surface area contributed by atoms with Gasteiger partial charge in [-0.25, -0.2) is 4.39 Å². The second kappa shape index (κ2) is 22.3. The number of aromatic nitrogens is 2. The van der Waals surface area contributed by atoms with Gasteiger partial charge in [0, 0.05) is 106 Å². The van der Waals surface area contributed by atoms with Crippen LogP contribution < -0.4 is 9.64 Å². The van der Waals surface area contributed by atoms with Crippen LogP contribution in [0.2, 0.25) is 0 Å². The molecule has 0 unspecified atom stereocenters. The number of hydrogen-bond donors (Lipinski definition) is 1. The summed E-state index contributed by atoms with van der Waals surface area (Å²) in [6.07, 6.45) is 7.60. The number of amides is 3. The summed E-state index contributed by atoms with van der Waals surface area (Å²) >= 11 is 0. The van der Waals surface area contributed by atoms with Crippen LogP contribution in [0.25, 0.3) is 11.1 Å². The molecule has 14 nitrogen and oxygen atoms in total. The van der Waals surface area contributed by atoms with Crippen LogP contribution in [-0.4, -0.2) is 123 Å². The fraction of sp³-hybridized carbons (Fsp3) is 0.400. The number of fused-ring (bicyclic) bond motifs is 2. The zero-order chi connectivity index (χ0) is 52.3. The first-order chi connectivity index (χ1) is 36.3. The molecule has 75 heavy (non-hydrogen) atoms. The Bertz CT molecular complexity index is 3140. The molecule has 4 aliphatic heterocycles. The van der Waals surface area contributed by atoms with Gasteiger partial charge in [-0.15, -0.1) is 0 Å². The molecular weight excluding hydrogens is 948 g/mol. The van der Waals surface area contributed by atoms with Crippen molar-refractivity contribution in [3.8, 4) is 28.7 Å². The van der Waals surface area contributed by atoms with Crippen molar-refractivity contribution < 1.29 is 33.4 Å². The SMILES string of the molecule is Cc1c(C(=O)N(c2ccc(O)cc2)c2cc(C#N)n(C)c2C)c(-c2cc3c(cc2C(=O)N2Cc4ccccc4C[C@H]2CN2CCCCCC2)CN(C(=O)Cc2ccc(OCCN4CCOCC4)cc2F)CC3)cn1C. The highest BCUT2D eigenvalue weighted by molar-refractivity contribution is 6.16. The molecule has 0 radical (unpaired) electrons. The van der Waals surface area contributed by atoms with Crippen molar-refractivity contribution in [3.63, 3.8) is 0 Å². The molecule has 2 aromatic heterocycles. The molecule has 2 saturated heterocycles. The Kier molecular flexibility index (Phi) is 15.2. The number of carbonyl (C=O) groups is 3. The Labute approximate surface area is 439 Å². The van der Waals surface area contributed by atoms with Crippen molar-refractivity contribution in [2.45, 2.75) is 77.9 Å². The average molecular weight is 1020 g/mol. The van der Waals surface area contributed by atoms with Crippen molar-refractivity contribution in [2.75, 3.05) is 70.5 Å². The van der Waals surface area contributed by atoms with Crippen molar-refractivity contribution >= 4 is 29.1 Å². The number of ether oxygens (including phenoxy) is 2. The van der Waals surface area contributed by atoms with E-state index in [1.54, 1.807) is 51.7 Å². The van der Waals surface area contributed by atoms with Crippen LogP contribution in [0, 0.1) is 31.0 Å². The monoisotopic (exact) mass is 1010 g/mol. The highest BCUT2D eigenvalue weighted by atomic mass is 19.1. The lowest BCUT2D eigenvalue weighted by atomic mass is 9.87. The number of carbonyl (C=O) groups excluding carboxylic acids is 3. The summed E-state index contributed by atoms with van der Waals surface area (Å²) in [5.74, 6) is -0.796. The van der Waals surface area contributed by atoms with Crippen LogP contribution in [0.15, 0.2) is 91.1 Å². The lowest BCUT2D eigenvalue weighted by Crippen LogP contribution is -2.50. The molecule has 4 aromatic carbocycles. The number of likely N-dealkylation sites (tertiary alicyclic amines) is 1. The van der Waals surface area contributed by atoms with Gasteiger partial charge in [-0.3, -0.25) is 24.2 Å². The van der Waals surface area contributed by atoms with E-state index < -0.39 is 5.82 Å². The average Bonchev–Trinajstić information content (AvgIpc) is 3.74. The molecule has 0 bridgehead atoms. The quantitative estimate of drug-likeness (QED) is 0.121. The van der Waals surface area contributed by atoms with Gasteiger partial charge in [0.2, 0.25) is 5.91 Å². The van der Waals surface area contributed by atoms with Gasteiger partial charge >= 0.3 is 0 Å². The molecule has 3 amide bonds. The summed E-state index contributed by atoms with van der Waals surface area (Å²) in [5, 5.41) is 20.5. The molecule has 1 N–H and O–H groups in total. The van der Waals surface area contributed by atoms with Crippen molar-refractivity contribution in [3.05, 3.63) is 153 Å². The third-order valence-corrected chi connectivity index (χ3v) is 16.0. The molecule has 6 heterocycles. The summed E-state index contributed by atoms with van der Waals surface area (Å²) in [4.78, 5) is 56.0. The molecule has 0 spiro atoms. The van der Waals surface area contributed by atoms with E-state index in [1.807, 2.05) is 54.8 Å². The van der Waals surface area contributed by atoms with Gasteiger partial charge in [0.25, 0.3) is 11.8 Å². The normalized spacial score (nSPS) is 17.2. The first-order valence-electron chi connectivity index (χ1n) is 26.5. The number of nitrogens with zero attached hydrogens (tertiary/aromatic N) is 8. The number of phenols is 1. The number of morpholine rings is 1. The summed E-state index contributed by atoms with van der Waals surface area (Å²) in [6.45, 7) is 11.6. The lowest BCUT2D eigenvalue weighted by Gasteiger charge is -2.40. The van der Waals surface area contributed by atoms with Crippen molar-refractivity contribution in [1.29, 1.82) is 5.26 Å². The van der Waals surface area contributed by atoms with E-state index in [0.29, 0.717) is 109 Å². The molecule has 0 saturated carbocycles. The van der Waals surface area contributed by atoms with Crippen molar-refractivity contribution in [2.24, 2.45) is 14.1 Å². The smallest absolute Gasteiger partial charge is 0.265 e. The zero-order valence-corrected chi connectivity index (χ0v) is 43.6. The number of phenolic OH excluding ortho intramolecular Hbond substituents is 1. The maximum atomic E-state index is 16.0. The molecule has 4 aliphatic rings. The van der Waals surface area contributed by atoms with Gasteiger partial charge in [-0.2, -0.15) is 5.26 Å². The fourth-order valence-electron chi connectivity index (χ4n) is 11.4. The topological polar surface area (TPSA) is 140 Å².